The van der Waals surface area contributed by atoms with Gasteiger partial charge in [-0.2, -0.15) is 15.0 Å². The first-order valence-corrected chi connectivity index (χ1v) is 6.42. The third kappa shape index (κ3) is 3.21. The molecular formula is C12H24N6. The Balaban J connectivity index is 3.19. The molecule has 0 bridgehead atoms. The molecule has 0 saturated carbocycles. The highest BCUT2D eigenvalue weighted by molar-refractivity contribution is 5.45. The lowest BCUT2D eigenvalue weighted by Gasteiger charge is -2.22. The van der Waals surface area contributed by atoms with E-state index in [4.69, 9.17) is 0 Å². The summed E-state index contributed by atoms with van der Waals surface area (Å²) < 4.78 is 0. The lowest BCUT2D eigenvalue weighted by molar-refractivity contribution is 0.814. The Morgan fingerprint density at radius 1 is 0.611 bits per heavy atom. The van der Waals surface area contributed by atoms with Crippen molar-refractivity contribution in [3.8, 4) is 0 Å². The second-order valence-electron chi connectivity index (χ2n) is 4.28. The maximum absolute atomic E-state index is 4.49. The molecule has 0 aliphatic rings. The van der Waals surface area contributed by atoms with E-state index in [0.717, 1.165) is 37.5 Å². The van der Waals surface area contributed by atoms with Crippen molar-refractivity contribution >= 4 is 17.8 Å². The zero-order chi connectivity index (χ0) is 13.7. The van der Waals surface area contributed by atoms with Gasteiger partial charge in [-0.25, -0.2) is 0 Å². The summed E-state index contributed by atoms with van der Waals surface area (Å²) in [6.45, 7) is 8.85. The zero-order valence-corrected chi connectivity index (χ0v) is 12.3. The summed E-state index contributed by atoms with van der Waals surface area (Å²) in [6.07, 6.45) is 0. The van der Waals surface area contributed by atoms with Crippen LogP contribution in [0.1, 0.15) is 20.8 Å². The highest BCUT2D eigenvalue weighted by atomic mass is 15.4. The van der Waals surface area contributed by atoms with Gasteiger partial charge in [0.2, 0.25) is 17.8 Å². The number of rotatable bonds is 6. The number of anilines is 3. The zero-order valence-electron chi connectivity index (χ0n) is 12.3. The van der Waals surface area contributed by atoms with Gasteiger partial charge in [0, 0.05) is 40.8 Å². The monoisotopic (exact) mass is 252 g/mol. The maximum atomic E-state index is 4.49. The first kappa shape index (κ1) is 14.5. The summed E-state index contributed by atoms with van der Waals surface area (Å²) in [7, 11) is 5.96. The van der Waals surface area contributed by atoms with Crippen LogP contribution in [0.3, 0.4) is 0 Å². The van der Waals surface area contributed by atoms with Crippen molar-refractivity contribution in [1.82, 2.24) is 15.0 Å². The SMILES string of the molecule is CCN(C)c1nc(N(C)CC)nc(N(C)CC)n1. The van der Waals surface area contributed by atoms with Gasteiger partial charge in [0.1, 0.15) is 0 Å². The van der Waals surface area contributed by atoms with E-state index >= 15 is 0 Å². The van der Waals surface area contributed by atoms with Crippen molar-refractivity contribution in [1.29, 1.82) is 0 Å². The highest BCUT2D eigenvalue weighted by Crippen LogP contribution is 2.16. The average Bonchev–Trinajstić information content (AvgIpc) is 2.43. The van der Waals surface area contributed by atoms with Crippen molar-refractivity contribution in [3.05, 3.63) is 0 Å². The molecule has 0 fully saturated rings. The molecule has 1 heterocycles. The molecule has 0 aliphatic heterocycles. The molecule has 0 unspecified atom stereocenters. The minimum absolute atomic E-state index is 0.720. The standard InChI is InChI=1S/C12H24N6/c1-7-16(4)10-13-11(17(5)8-2)15-12(14-10)18(6)9-3/h7-9H2,1-6H3. The quantitative estimate of drug-likeness (QED) is 0.759. The smallest absolute Gasteiger partial charge is 0.231 e. The van der Waals surface area contributed by atoms with E-state index < -0.39 is 0 Å². The van der Waals surface area contributed by atoms with Gasteiger partial charge in [-0.05, 0) is 20.8 Å². The Bertz CT molecular complexity index is 311. The van der Waals surface area contributed by atoms with Crippen molar-refractivity contribution in [3.63, 3.8) is 0 Å². The van der Waals surface area contributed by atoms with E-state index in [2.05, 4.69) is 35.7 Å². The predicted molar refractivity (Wildman–Crippen MR) is 76.7 cm³/mol. The minimum atomic E-state index is 0.720. The largest absolute Gasteiger partial charge is 0.344 e. The second kappa shape index (κ2) is 6.37. The van der Waals surface area contributed by atoms with Crippen molar-refractivity contribution in [2.75, 3.05) is 55.5 Å². The fraction of sp³-hybridized carbons (Fsp3) is 0.750. The van der Waals surface area contributed by atoms with Gasteiger partial charge in [0.05, 0.1) is 0 Å². The molecule has 6 heteroatoms. The summed E-state index contributed by atoms with van der Waals surface area (Å²) in [4.78, 5) is 19.5. The third-order valence-electron chi connectivity index (χ3n) is 3.05. The Morgan fingerprint density at radius 2 is 0.833 bits per heavy atom. The third-order valence-corrected chi connectivity index (χ3v) is 3.05. The lowest BCUT2D eigenvalue weighted by Crippen LogP contribution is -2.27. The molecule has 0 atom stereocenters. The van der Waals surface area contributed by atoms with Crippen LogP contribution in [0, 0.1) is 0 Å². The molecule has 1 aromatic heterocycles. The van der Waals surface area contributed by atoms with Gasteiger partial charge in [-0.1, -0.05) is 0 Å². The molecule has 0 N–H and O–H groups in total. The Morgan fingerprint density at radius 3 is 1.00 bits per heavy atom. The highest BCUT2D eigenvalue weighted by Gasteiger charge is 2.13. The van der Waals surface area contributed by atoms with E-state index in [-0.39, 0.29) is 0 Å². The number of nitrogens with zero attached hydrogens (tertiary/aromatic N) is 6. The molecule has 1 rings (SSSR count). The molecule has 18 heavy (non-hydrogen) atoms. The van der Waals surface area contributed by atoms with E-state index in [0.29, 0.717) is 0 Å². The first-order chi connectivity index (χ1) is 8.53. The van der Waals surface area contributed by atoms with Crippen LogP contribution in [0.5, 0.6) is 0 Å². The molecule has 0 amide bonds. The minimum Gasteiger partial charge on any atom is -0.344 e. The number of aromatic nitrogens is 3. The summed E-state index contributed by atoms with van der Waals surface area (Å²) in [5, 5.41) is 0. The molecule has 0 aromatic carbocycles. The normalized spacial score (nSPS) is 10.3. The van der Waals surface area contributed by atoms with Crippen LogP contribution >= 0.6 is 0 Å². The Kier molecular flexibility index (Phi) is 5.12. The molecule has 102 valence electrons. The van der Waals surface area contributed by atoms with Crippen LogP contribution < -0.4 is 14.7 Å². The Labute approximate surface area is 110 Å². The van der Waals surface area contributed by atoms with Gasteiger partial charge >= 0.3 is 0 Å². The molecular weight excluding hydrogens is 228 g/mol. The van der Waals surface area contributed by atoms with E-state index in [9.17, 15) is 0 Å². The van der Waals surface area contributed by atoms with Gasteiger partial charge < -0.3 is 14.7 Å². The number of hydrogen-bond acceptors (Lipinski definition) is 6. The van der Waals surface area contributed by atoms with Crippen molar-refractivity contribution in [2.24, 2.45) is 0 Å². The summed E-state index contributed by atoms with van der Waals surface area (Å²) in [5.74, 6) is 2.16. The van der Waals surface area contributed by atoms with Crippen LogP contribution in [-0.4, -0.2) is 55.7 Å². The maximum Gasteiger partial charge on any atom is 0.231 e. The predicted octanol–water partition coefficient (Wildman–Crippen LogP) is 1.24. The molecule has 0 spiro atoms. The molecule has 0 saturated heterocycles. The lowest BCUT2D eigenvalue weighted by atomic mass is 10.6. The van der Waals surface area contributed by atoms with E-state index in [1.807, 2.05) is 35.8 Å². The second-order valence-corrected chi connectivity index (χ2v) is 4.28. The molecule has 0 radical (unpaired) electrons. The topological polar surface area (TPSA) is 48.4 Å². The first-order valence-electron chi connectivity index (χ1n) is 6.42. The fourth-order valence-electron chi connectivity index (χ4n) is 1.28. The van der Waals surface area contributed by atoms with E-state index in [1.54, 1.807) is 0 Å². The van der Waals surface area contributed by atoms with Gasteiger partial charge in [0.25, 0.3) is 0 Å². The van der Waals surface area contributed by atoms with Crippen LogP contribution in [-0.2, 0) is 0 Å². The average molecular weight is 252 g/mol. The van der Waals surface area contributed by atoms with Crippen LogP contribution in [0.2, 0.25) is 0 Å². The van der Waals surface area contributed by atoms with Crippen molar-refractivity contribution in [2.45, 2.75) is 20.8 Å². The van der Waals surface area contributed by atoms with Crippen molar-refractivity contribution < 1.29 is 0 Å². The fourth-order valence-corrected chi connectivity index (χ4v) is 1.28. The van der Waals surface area contributed by atoms with Gasteiger partial charge in [-0.15, -0.1) is 0 Å². The molecule has 0 aliphatic carbocycles. The van der Waals surface area contributed by atoms with Crippen LogP contribution in [0.25, 0.3) is 0 Å². The van der Waals surface area contributed by atoms with Crippen LogP contribution in [0.15, 0.2) is 0 Å². The molecule has 6 nitrogen and oxygen atoms in total. The number of hydrogen-bond donors (Lipinski definition) is 0. The summed E-state index contributed by atoms with van der Waals surface area (Å²) >= 11 is 0. The summed E-state index contributed by atoms with van der Waals surface area (Å²) in [5.41, 5.74) is 0. The van der Waals surface area contributed by atoms with E-state index in [1.165, 1.54) is 0 Å². The van der Waals surface area contributed by atoms with Gasteiger partial charge in [0.15, 0.2) is 0 Å². The van der Waals surface area contributed by atoms with Crippen LogP contribution in [0.4, 0.5) is 17.8 Å². The summed E-state index contributed by atoms with van der Waals surface area (Å²) in [6, 6.07) is 0. The van der Waals surface area contributed by atoms with Gasteiger partial charge in [-0.3, -0.25) is 0 Å². The Hall–Kier alpha value is -1.59. The molecule has 1 aromatic rings.